The molecule has 39 heavy (non-hydrogen) atoms. The summed E-state index contributed by atoms with van der Waals surface area (Å²) >= 11 is 5.45. The lowest BCUT2D eigenvalue weighted by molar-refractivity contribution is -0.625. The molecule has 4 aromatic rings. The molecule has 0 aliphatic carbocycles. The Hall–Kier alpha value is -3.05. The molecule has 1 amide bonds. The molecule has 1 aromatic heterocycles. The van der Waals surface area contributed by atoms with Crippen LogP contribution in [-0.2, 0) is 4.79 Å². The fourth-order valence-corrected chi connectivity index (χ4v) is 6.29. The fraction of sp³-hybridized carbons (Fsp3) is 0.154. The molecule has 3 N–H and O–H groups in total. The van der Waals surface area contributed by atoms with E-state index in [1.165, 1.54) is 18.0 Å². The van der Waals surface area contributed by atoms with Gasteiger partial charge in [0, 0.05) is 9.13 Å². The normalized spacial score (nSPS) is 11.0. The molecule has 1 heterocycles. The van der Waals surface area contributed by atoms with Gasteiger partial charge in [0.1, 0.15) is 11.4 Å². The van der Waals surface area contributed by atoms with Crippen LogP contribution in [0.3, 0.4) is 0 Å². The minimum Gasteiger partial charge on any atom is -0.506 e. The van der Waals surface area contributed by atoms with Crippen LogP contribution < -0.4 is 24.2 Å². The molecule has 0 radical (unpaired) electrons. The van der Waals surface area contributed by atoms with Crippen LogP contribution in [0, 0.1) is 7.14 Å². The number of para-hydroxylation sites is 1. The van der Waals surface area contributed by atoms with E-state index in [0.29, 0.717) is 37.4 Å². The number of carbonyl (C=O) groups excluding carboxylic acids is 1. The number of phenols is 1. The molecule has 0 saturated carbocycles. The molecule has 0 aliphatic heterocycles. The van der Waals surface area contributed by atoms with Crippen LogP contribution in [0.15, 0.2) is 64.9 Å². The Morgan fingerprint density at radius 3 is 2.44 bits per heavy atom. The third-order valence-corrected chi connectivity index (χ3v) is 7.79. The van der Waals surface area contributed by atoms with E-state index >= 15 is 0 Å². The number of hydrogen-bond donors (Lipinski definition) is 3. The molecule has 3 aromatic carbocycles. The number of thioether (sulfide) groups is 1. The van der Waals surface area contributed by atoms with Crippen LogP contribution in [0.2, 0.25) is 0 Å². The van der Waals surface area contributed by atoms with Gasteiger partial charge in [0.15, 0.2) is 11.5 Å². The maximum atomic E-state index is 12.6. The minimum atomic E-state index is -0.326. The lowest BCUT2D eigenvalue weighted by Gasteiger charge is -2.13. The summed E-state index contributed by atoms with van der Waals surface area (Å²) < 4.78 is 20.1. The topological polar surface area (TPSA) is 122 Å². The van der Waals surface area contributed by atoms with Gasteiger partial charge in [-0.2, -0.15) is 9.67 Å². The predicted octanol–water partition coefficient (Wildman–Crippen LogP) is 4.54. The standard InChI is InChI=1S/C26H23I2N5O5S/c1-36-20-10-15(11-21(37-2)24(20)38-3)25-31-32-26(33(25)18-7-5-4-6-8-18)39-14-22(34)30-29-13-16-9-17(27)12-19(28)23(16)35/h4-13H,14H2,1-3H3,(H2,29,30,34,35)/p+1. The van der Waals surface area contributed by atoms with Gasteiger partial charge in [-0.1, -0.05) is 18.2 Å². The van der Waals surface area contributed by atoms with Crippen LogP contribution in [0.5, 0.6) is 23.0 Å². The van der Waals surface area contributed by atoms with Crippen molar-refractivity contribution >= 4 is 69.1 Å². The lowest BCUT2D eigenvalue weighted by Crippen LogP contribution is -2.34. The molecule has 0 saturated heterocycles. The van der Waals surface area contributed by atoms with Crippen LogP contribution in [0.25, 0.3) is 17.1 Å². The van der Waals surface area contributed by atoms with Crippen molar-refractivity contribution < 1.29 is 28.7 Å². The number of aromatic hydroxyl groups is 1. The Labute approximate surface area is 256 Å². The van der Waals surface area contributed by atoms with Crippen LogP contribution in [0.1, 0.15) is 5.56 Å². The molecule has 10 nitrogen and oxygen atoms in total. The molecule has 0 fully saturated rings. The number of benzene rings is 3. The number of aromatic amines is 1. The van der Waals surface area contributed by atoms with Gasteiger partial charge in [-0.25, -0.2) is 5.43 Å². The number of hydrazone groups is 1. The quantitative estimate of drug-likeness (QED) is 0.0713. The Kier molecular flexibility index (Phi) is 9.90. The van der Waals surface area contributed by atoms with Crippen molar-refractivity contribution in [2.24, 2.45) is 5.10 Å². The summed E-state index contributed by atoms with van der Waals surface area (Å²) in [5.41, 5.74) is 4.62. The molecule has 202 valence electrons. The van der Waals surface area contributed by atoms with E-state index in [1.54, 1.807) is 27.4 Å². The number of halogens is 2. The number of rotatable bonds is 10. The molecule has 0 unspecified atom stereocenters. The van der Waals surface area contributed by atoms with Crippen molar-refractivity contribution in [3.05, 3.63) is 67.3 Å². The van der Waals surface area contributed by atoms with E-state index in [-0.39, 0.29) is 17.4 Å². The number of H-pyrrole nitrogens is 1. The third kappa shape index (κ3) is 6.75. The number of aromatic nitrogens is 3. The monoisotopic (exact) mass is 772 g/mol. The van der Waals surface area contributed by atoms with Gasteiger partial charge in [0.05, 0.1) is 47.5 Å². The van der Waals surface area contributed by atoms with Gasteiger partial charge in [-0.15, -0.1) is 5.10 Å². The number of phenolic OH excluding ortho intramolecular Hbond substituents is 1. The van der Waals surface area contributed by atoms with Crippen molar-refractivity contribution in [2.45, 2.75) is 5.16 Å². The third-order valence-electron chi connectivity index (χ3n) is 5.41. The highest BCUT2D eigenvalue weighted by Gasteiger charge is 2.27. The Morgan fingerprint density at radius 1 is 1.10 bits per heavy atom. The zero-order valence-electron chi connectivity index (χ0n) is 21.1. The molecule has 0 spiro atoms. The summed E-state index contributed by atoms with van der Waals surface area (Å²) in [6, 6.07) is 16.9. The number of nitrogens with zero attached hydrogens (tertiary/aromatic N) is 3. The Morgan fingerprint density at radius 2 is 1.79 bits per heavy atom. The van der Waals surface area contributed by atoms with E-state index in [9.17, 15) is 9.90 Å². The van der Waals surface area contributed by atoms with E-state index in [0.717, 1.165) is 14.8 Å². The van der Waals surface area contributed by atoms with Gasteiger partial charge < -0.3 is 19.3 Å². The fourth-order valence-electron chi connectivity index (χ4n) is 3.64. The molecule has 4 rings (SSSR count). The first-order valence-corrected chi connectivity index (χ1v) is 14.5. The first kappa shape index (κ1) is 28.9. The van der Waals surface area contributed by atoms with Crippen molar-refractivity contribution in [3.63, 3.8) is 0 Å². The van der Waals surface area contributed by atoms with Gasteiger partial charge in [-0.05, 0) is 93.3 Å². The maximum Gasteiger partial charge on any atom is 0.342 e. The second-order valence-corrected chi connectivity index (χ2v) is 11.2. The molecule has 0 bridgehead atoms. The van der Waals surface area contributed by atoms with E-state index in [4.69, 9.17) is 14.2 Å². The molecular formula is C26H24I2N5O5S+. The highest BCUT2D eigenvalue weighted by Crippen LogP contribution is 2.40. The van der Waals surface area contributed by atoms with E-state index < -0.39 is 0 Å². The molecular weight excluding hydrogens is 748 g/mol. The average molecular weight is 772 g/mol. The molecule has 0 atom stereocenters. The van der Waals surface area contributed by atoms with Crippen molar-refractivity contribution in [2.75, 3.05) is 27.1 Å². The zero-order valence-corrected chi connectivity index (χ0v) is 26.2. The number of methoxy groups -OCH3 is 3. The van der Waals surface area contributed by atoms with Crippen LogP contribution >= 0.6 is 56.9 Å². The SMILES string of the molecule is COc1cc(-c2[nH]nc(SCC(=O)NN=Cc3cc(I)cc(I)c3O)[n+]2-c2ccccc2)cc(OC)c1OC. The lowest BCUT2D eigenvalue weighted by atomic mass is 10.1. The second kappa shape index (κ2) is 13.3. The number of amides is 1. The highest BCUT2D eigenvalue weighted by atomic mass is 127. The summed E-state index contributed by atoms with van der Waals surface area (Å²) in [7, 11) is 4.67. The van der Waals surface area contributed by atoms with Crippen LogP contribution in [0.4, 0.5) is 0 Å². The number of carbonyl (C=O) groups is 1. The predicted molar refractivity (Wildman–Crippen MR) is 165 cm³/mol. The Balaban J connectivity index is 1.59. The summed E-state index contributed by atoms with van der Waals surface area (Å²) in [6.07, 6.45) is 1.42. The highest BCUT2D eigenvalue weighted by molar-refractivity contribution is 14.1. The van der Waals surface area contributed by atoms with E-state index in [1.807, 2.05) is 75.7 Å². The zero-order chi connectivity index (χ0) is 27.9. The minimum absolute atomic E-state index is 0.0551. The summed E-state index contributed by atoms with van der Waals surface area (Å²) in [5, 5.41) is 22.4. The van der Waals surface area contributed by atoms with Crippen LogP contribution in [-0.4, -0.2) is 54.5 Å². The van der Waals surface area contributed by atoms with Gasteiger partial charge in [-0.3, -0.25) is 4.79 Å². The molecule has 0 aliphatic rings. The summed E-state index contributed by atoms with van der Waals surface area (Å²) in [6.45, 7) is 0. The number of nitrogens with one attached hydrogen (secondary N) is 2. The largest absolute Gasteiger partial charge is 0.506 e. The van der Waals surface area contributed by atoms with Gasteiger partial charge in [0.25, 0.3) is 11.7 Å². The summed E-state index contributed by atoms with van der Waals surface area (Å²) in [4.78, 5) is 12.6. The van der Waals surface area contributed by atoms with Crippen molar-refractivity contribution in [1.82, 2.24) is 15.6 Å². The first-order valence-electron chi connectivity index (χ1n) is 11.3. The molecule has 13 heteroatoms. The van der Waals surface area contributed by atoms with Gasteiger partial charge in [0.2, 0.25) is 5.75 Å². The summed E-state index contributed by atoms with van der Waals surface area (Å²) in [5.74, 6) is 1.98. The van der Waals surface area contributed by atoms with Crippen molar-refractivity contribution in [1.29, 1.82) is 0 Å². The number of hydrogen-bond acceptors (Lipinski definition) is 8. The van der Waals surface area contributed by atoms with Crippen molar-refractivity contribution in [3.8, 4) is 40.1 Å². The first-order chi connectivity index (χ1) is 18.9. The van der Waals surface area contributed by atoms with Gasteiger partial charge >= 0.3 is 5.16 Å². The maximum absolute atomic E-state index is 12.6. The second-order valence-electron chi connectivity index (χ2n) is 7.85. The average Bonchev–Trinajstić information content (AvgIpc) is 3.38. The van der Waals surface area contributed by atoms with E-state index in [2.05, 4.69) is 43.3 Å². The number of ether oxygens (including phenoxy) is 3. The Bertz CT molecular complexity index is 1490. The smallest absolute Gasteiger partial charge is 0.342 e.